The standard InChI is InChI=1S/C26H33N5O5/c1-25(2,3)36-23(32)27-18-11-17(12-18)21-28-29-22(35-21)19-13-26(9-10-26)20-14-30(19)24(33)31(20)34-15-16-7-5-4-6-8-16/h4-8,17-20H,9-15H2,1-3H3,(H,27,32)/t17?,18?,19?,20-/m1/s1. The number of amides is 3. The molecule has 2 aromatic rings. The predicted molar refractivity (Wildman–Crippen MR) is 127 cm³/mol. The fourth-order valence-corrected chi connectivity index (χ4v) is 5.67. The molecule has 4 aliphatic rings. The fraction of sp³-hybridized carbons (Fsp3) is 0.615. The first-order chi connectivity index (χ1) is 17.2. The highest BCUT2D eigenvalue weighted by molar-refractivity contribution is 5.77. The summed E-state index contributed by atoms with van der Waals surface area (Å²) in [5.74, 6) is 1.16. The van der Waals surface area contributed by atoms with Crippen LogP contribution < -0.4 is 5.32 Å². The van der Waals surface area contributed by atoms with Crippen molar-refractivity contribution in [3.05, 3.63) is 47.7 Å². The molecule has 1 unspecified atom stereocenters. The van der Waals surface area contributed by atoms with Gasteiger partial charge in [0.05, 0.1) is 6.04 Å². The molecule has 2 bridgehead atoms. The number of benzene rings is 1. The van der Waals surface area contributed by atoms with E-state index in [0.717, 1.165) is 37.7 Å². The molecule has 1 N–H and O–H groups in total. The number of hydrogen-bond donors (Lipinski definition) is 1. The van der Waals surface area contributed by atoms with Gasteiger partial charge in [0.1, 0.15) is 18.2 Å². The molecule has 2 saturated heterocycles. The summed E-state index contributed by atoms with van der Waals surface area (Å²) in [6, 6.07) is 9.61. The Balaban J connectivity index is 1.09. The van der Waals surface area contributed by atoms with E-state index in [1.807, 2.05) is 56.0 Å². The number of nitrogens with zero attached hydrogens (tertiary/aromatic N) is 4. The molecule has 192 valence electrons. The summed E-state index contributed by atoms with van der Waals surface area (Å²) in [4.78, 5) is 33.2. The van der Waals surface area contributed by atoms with Crippen molar-refractivity contribution >= 4 is 12.1 Å². The van der Waals surface area contributed by atoms with Gasteiger partial charge >= 0.3 is 12.1 Å². The van der Waals surface area contributed by atoms with E-state index >= 15 is 0 Å². The number of carbonyl (C=O) groups excluding carboxylic acids is 2. The number of alkyl carbamates (subject to hydrolysis) is 1. The maximum absolute atomic E-state index is 13.3. The Labute approximate surface area is 210 Å². The Morgan fingerprint density at radius 3 is 2.58 bits per heavy atom. The van der Waals surface area contributed by atoms with Gasteiger partial charge in [-0.05, 0) is 63.9 Å². The maximum atomic E-state index is 13.3. The monoisotopic (exact) mass is 495 g/mol. The minimum Gasteiger partial charge on any atom is -0.444 e. The van der Waals surface area contributed by atoms with Crippen molar-refractivity contribution in [2.45, 2.75) is 89.1 Å². The van der Waals surface area contributed by atoms with Crippen molar-refractivity contribution < 1.29 is 23.6 Å². The lowest BCUT2D eigenvalue weighted by Crippen LogP contribution is -2.45. The van der Waals surface area contributed by atoms with Gasteiger partial charge in [0, 0.05) is 18.5 Å². The number of ether oxygens (including phenoxy) is 1. The van der Waals surface area contributed by atoms with Crippen LogP contribution in [0.4, 0.5) is 9.59 Å². The lowest BCUT2D eigenvalue weighted by molar-refractivity contribution is -0.153. The summed E-state index contributed by atoms with van der Waals surface area (Å²) in [5, 5.41) is 13.2. The number of nitrogens with one attached hydrogen (secondary N) is 1. The first-order valence-electron chi connectivity index (χ1n) is 12.8. The second-order valence-electron chi connectivity index (χ2n) is 11.6. The van der Waals surface area contributed by atoms with Gasteiger partial charge in [0.15, 0.2) is 0 Å². The number of urea groups is 1. The van der Waals surface area contributed by atoms with E-state index in [-0.39, 0.29) is 35.5 Å². The zero-order valence-electron chi connectivity index (χ0n) is 21.0. The molecular formula is C26H33N5O5. The zero-order chi connectivity index (χ0) is 25.1. The highest BCUT2D eigenvalue weighted by Crippen LogP contribution is 2.61. The summed E-state index contributed by atoms with van der Waals surface area (Å²) in [7, 11) is 0. The summed E-state index contributed by atoms with van der Waals surface area (Å²) >= 11 is 0. The van der Waals surface area contributed by atoms with Crippen LogP contribution in [0.3, 0.4) is 0 Å². The number of aromatic nitrogens is 2. The smallest absolute Gasteiger partial charge is 0.407 e. The average molecular weight is 496 g/mol. The number of carbonyl (C=O) groups is 2. The number of rotatable bonds is 6. The third-order valence-electron chi connectivity index (χ3n) is 7.82. The van der Waals surface area contributed by atoms with E-state index in [0.29, 0.717) is 24.9 Å². The van der Waals surface area contributed by atoms with E-state index in [9.17, 15) is 9.59 Å². The molecular weight excluding hydrogens is 462 g/mol. The molecule has 2 saturated carbocycles. The molecule has 1 aromatic heterocycles. The van der Waals surface area contributed by atoms with Crippen LogP contribution in [0, 0.1) is 5.41 Å². The molecule has 1 aromatic carbocycles. The second kappa shape index (κ2) is 8.47. The SMILES string of the molecule is CC(C)(C)OC(=O)NC1CC(c2nnc(C3CC4(CC4)[C@H]4CN3C(=O)N4OCc3ccccc3)o2)C1. The van der Waals surface area contributed by atoms with E-state index in [1.165, 1.54) is 0 Å². The van der Waals surface area contributed by atoms with Gasteiger partial charge in [-0.1, -0.05) is 30.3 Å². The normalized spacial score (nSPS) is 28.2. The van der Waals surface area contributed by atoms with Crippen molar-refractivity contribution in [2.75, 3.05) is 6.54 Å². The number of piperidine rings is 1. The van der Waals surface area contributed by atoms with Crippen molar-refractivity contribution in [1.82, 2.24) is 25.5 Å². The van der Waals surface area contributed by atoms with Gasteiger partial charge in [0.25, 0.3) is 0 Å². The number of fused-ring (bicyclic) bond motifs is 3. The molecule has 4 fully saturated rings. The molecule has 1 spiro atoms. The van der Waals surface area contributed by atoms with Crippen molar-refractivity contribution in [1.29, 1.82) is 0 Å². The first kappa shape index (κ1) is 23.3. The Hall–Kier alpha value is -3.14. The third kappa shape index (κ3) is 4.31. The van der Waals surface area contributed by atoms with Gasteiger partial charge in [-0.3, -0.25) is 4.84 Å². The van der Waals surface area contributed by atoms with Crippen molar-refractivity contribution in [3.63, 3.8) is 0 Å². The largest absolute Gasteiger partial charge is 0.444 e. The Kier molecular flexibility index (Phi) is 5.47. The molecule has 2 aliphatic heterocycles. The molecule has 36 heavy (non-hydrogen) atoms. The average Bonchev–Trinajstić information content (AvgIpc) is 3.28. The van der Waals surface area contributed by atoms with E-state index in [2.05, 4.69) is 15.5 Å². The van der Waals surface area contributed by atoms with Crippen LogP contribution >= 0.6 is 0 Å². The lowest BCUT2D eigenvalue weighted by Gasteiger charge is -2.35. The van der Waals surface area contributed by atoms with Crippen LogP contribution in [0.25, 0.3) is 0 Å². The quantitative estimate of drug-likeness (QED) is 0.636. The Bertz CT molecular complexity index is 1140. The van der Waals surface area contributed by atoms with E-state index in [4.69, 9.17) is 14.0 Å². The topological polar surface area (TPSA) is 110 Å². The van der Waals surface area contributed by atoms with E-state index < -0.39 is 11.7 Å². The Morgan fingerprint density at radius 1 is 1.17 bits per heavy atom. The third-order valence-corrected chi connectivity index (χ3v) is 7.82. The van der Waals surface area contributed by atoms with Crippen molar-refractivity contribution in [3.8, 4) is 0 Å². The molecule has 3 heterocycles. The minimum atomic E-state index is -0.526. The Morgan fingerprint density at radius 2 is 1.89 bits per heavy atom. The summed E-state index contributed by atoms with van der Waals surface area (Å²) in [6.07, 6.45) is 3.99. The van der Waals surface area contributed by atoms with E-state index in [1.54, 1.807) is 5.06 Å². The first-order valence-corrected chi connectivity index (χ1v) is 12.8. The molecule has 2 aliphatic carbocycles. The summed E-state index contributed by atoms with van der Waals surface area (Å²) in [5.41, 5.74) is 0.559. The molecule has 3 amide bonds. The summed E-state index contributed by atoms with van der Waals surface area (Å²) < 4.78 is 11.5. The van der Waals surface area contributed by atoms with Crippen molar-refractivity contribution in [2.24, 2.45) is 5.41 Å². The van der Waals surface area contributed by atoms with Gasteiger partial charge < -0.3 is 19.4 Å². The van der Waals surface area contributed by atoms with Gasteiger partial charge in [-0.25, -0.2) is 9.59 Å². The van der Waals surface area contributed by atoms with Crippen LogP contribution in [0.2, 0.25) is 0 Å². The molecule has 10 heteroatoms. The highest BCUT2D eigenvalue weighted by atomic mass is 16.7. The molecule has 6 rings (SSSR count). The fourth-order valence-electron chi connectivity index (χ4n) is 5.67. The molecule has 0 radical (unpaired) electrons. The summed E-state index contributed by atoms with van der Waals surface area (Å²) in [6.45, 7) is 6.50. The van der Waals surface area contributed by atoms with Crippen LogP contribution in [0.1, 0.15) is 82.2 Å². The minimum absolute atomic E-state index is 0.0286. The maximum Gasteiger partial charge on any atom is 0.407 e. The highest BCUT2D eigenvalue weighted by Gasteiger charge is 2.64. The van der Waals surface area contributed by atoms with Crippen LogP contribution in [0.15, 0.2) is 34.7 Å². The zero-order valence-corrected chi connectivity index (χ0v) is 21.0. The van der Waals surface area contributed by atoms with Gasteiger partial charge in [-0.2, -0.15) is 5.06 Å². The lowest BCUT2D eigenvalue weighted by atomic mass is 9.80. The molecule has 10 nitrogen and oxygen atoms in total. The van der Waals surface area contributed by atoms with Crippen LogP contribution in [-0.4, -0.2) is 56.5 Å². The van der Waals surface area contributed by atoms with Gasteiger partial charge in [-0.15, -0.1) is 10.2 Å². The van der Waals surface area contributed by atoms with Gasteiger partial charge in [0.2, 0.25) is 11.8 Å². The number of hydroxylamine groups is 2. The number of hydrogen-bond acceptors (Lipinski definition) is 7. The second-order valence-corrected chi connectivity index (χ2v) is 11.6. The predicted octanol–water partition coefficient (Wildman–Crippen LogP) is 4.30. The molecule has 2 atom stereocenters. The van der Waals surface area contributed by atoms with Crippen LogP contribution in [0.5, 0.6) is 0 Å². The van der Waals surface area contributed by atoms with Crippen LogP contribution in [-0.2, 0) is 16.2 Å².